The van der Waals surface area contributed by atoms with Gasteiger partial charge in [0.15, 0.2) is 5.78 Å². The van der Waals surface area contributed by atoms with Crippen molar-refractivity contribution in [3.05, 3.63) is 29.8 Å². The van der Waals surface area contributed by atoms with Gasteiger partial charge in [-0.2, -0.15) is 0 Å². The van der Waals surface area contributed by atoms with Crippen LogP contribution >= 0.6 is 0 Å². The molecule has 5 nitrogen and oxygen atoms in total. The van der Waals surface area contributed by atoms with E-state index in [1.165, 1.54) is 5.56 Å². The molecule has 0 saturated heterocycles. The number of hydrogen-bond acceptors (Lipinski definition) is 5. The fourth-order valence-electron chi connectivity index (χ4n) is 1.83. The van der Waals surface area contributed by atoms with Crippen molar-refractivity contribution in [3.8, 4) is 5.75 Å². The van der Waals surface area contributed by atoms with Gasteiger partial charge in [-0.3, -0.25) is 4.79 Å². The first-order chi connectivity index (χ1) is 10.8. The summed E-state index contributed by atoms with van der Waals surface area (Å²) in [5, 5.41) is 0. The summed E-state index contributed by atoms with van der Waals surface area (Å²) < 4.78 is 16.0. The summed E-state index contributed by atoms with van der Waals surface area (Å²) in [7, 11) is 0. The topological polar surface area (TPSA) is 70.8 Å². The fourth-order valence-corrected chi connectivity index (χ4v) is 1.83. The van der Waals surface area contributed by atoms with E-state index in [4.69, 9.17) is 19.9 Å². The van der Waals surface area contributed by atoms with Gasteiger partial charge < -0.3 is 19.9 Å². The van der Waals surface area contributed by atoms with Gasteiger partial charge >= 0.3 is 0 Å². The third-order valence-electron chi connectivity index (χ3n) is 3.11. The Balaban J connectivity index is 2.01. The van der Waals surface area contributed by atoms with E-state index in [0.29, 0.717) is 45.8 Å². The Morgan fingerprint density at radius 3 is 2.36 bits per heavy atom. The SMILES string of the molecule is CCc1ccc(OCC(=O)CCCOCCOCCN)cc1. The standard InChI is InChI=1S/C17H27NO4/c1-2-15-5-7-17(8-6-15)22-14-16(19)4-3-10-20-12-13-21-11-9-18/h5-8H,2-4,9-14,18H2,1H3. The molecule has 0 aromatic heterocycles. The lowest BCUT2D eigenvalue weighted by molar-refractivity contribution is -0.121. The molecule has 0 aliphatic carbocycles. The predicted molar refractivity (Wildman–Crippen MR) is 86.2 cm³/mol. The van der Waals surface area contributed by atoms with E-state index in [-0.39, 0.29) is 12.4 Å². The smallest absolute Gasteiger partial charge is 0.170 e. The second kappa shape index (κ2) is 12.1. The zero-order valence-electron chi connectivity index (χ0n) is 13.4. The summed E-state index contributed by atoms with van der Waals surface area (Å²) in [4.78, 5) is 11.7. The summed E-state index contributed by atoms with van der Waals surface area (Å²) in [6, 6.07) is 7.83. The molecule has 5 heteroatoms. The molecule has 0 radical (unpaired) electrons. The summed E-state index contributed by atoms with van der Waals surface area (Å²) in [6.07, 6.45) is 2.17. The lowest BCUT2D eigenvalue weighted by atomic mass is 10.2. The highest BCUT2D eigenvalue weighted by Crippen LogP contribution is 2.12. The van der Waals surface area contributed by atoms with E-state index in [9.17, 15) is 4.79 Å². The van der Waals surface area contributed by atoms with Gasteiger partial charge in [-0.1, -0.05) is 19.1 Å². The van der Waals surface area contributed by atoms with E-state index in [1.54, 1.807) is 0 Å². The van der Waals surface area contributed by atoms with Crippen molar-refractivity contribution in [2.24, 2.45) is 5.73 Å². The molecule has 124 valence electrons. The Hall–Kier alpha value is -1.43. The van der Waals surface area contributed by atoms with Gasteiger partial charge in [0.25, 0.3) is 0 Å². The van der Waals surface area contributed by atoms with Crippen molar-refractivity contribution in [3.63, 3.8) is 0 Å². The number of hydrogen-bond donors (Lipinski definition) is 1. The maximum Gasteiger partial charge on any atom is 0.170 e. The second-order valence-electron chi connectivity index (χ2n) is 4.94. The third kappa shape index (κ3) is 8.77. The predicted octanol–water partition coefficient (Wildman–Crippen LogP) is 1.97. The number of aryl methyl sites for hydroxylation is 1. The van der Waals surface area contributed by atoms with Gasteiger partial charge in [-0.05, 0) is 30.5 Å². The Labute approximate surface area is 132 Å². The molecule has 0 saturated carbocycles. The van der Waals surface area contributed by atoms with Crippen LogP contribution in [0.15, 0.2) is 24.3 Å². The van der Waals surface area contributed by atoms with Crippen LogP contribution in [0.3, 0.4) is 0 Å². The minimum Gasteiger partial charge on any atom is -0.486 e. The molecule has 0 amide bonds. The van der Waals surface area contributed by atoms with Crippen LogP contribution in [0.1, 0.15) is 25.3 Å². The zero-order chi connectivity index (χ0) is 16.0. The van der Waals surface area contributed by atoms with Crippen molar-refractivity contribution < 1.29 is 19.0 Å². The molecule has 22 heavy (non-hydrogen) atoms. The highest BCUT2D eigenvalue weighted by atomic mass is 16.5. The minimum absolute atomic E-state index is 0.0857. The van der Waals surface area contributed by atoms with Crippen molar-refractivity contribution in [2.75, 3.05) is 39.6 Å². The van der Waals surface area contributed by atoms with Crippen LogP contribution in [-0.2, 0) is 20.7 Å². The van der Waals surface area contributed by atoms with Crippen molar-refractivity contribution in [2.45, 2.75) is 26.2 Å². The quantitative estimate of drug-likeness (QED) is 0.564. The normalized spacial score (nSPS) is 10.6. The molecule has 1 aromatic rings. The van der Waals surface area contributed by atoms with Crippen LogP contribution in [0.25, 0.3) is 0 Å². The maximum absolute atomic E-state index is 11.7. The van der Waals surface area contributed by atoms with Crippen LogP contribution in [0.2, 0.25) is 0 Å². The van der Waals surface area contributed by atoms with Gasteiger partial charge in [0.1, 0.15) is 12.4 Å². The molecule has 0 heterocycles. The number of carbonyl (C=O) groups is 1. The maximum atomic E-state index is 11.7. The summed E-state index contributed by atoms with van der Waals surface area (Å²) >= 11 is 0. The highest BCUT2D eigenvalue weighted by molar-refractivity contribution is 5.79. The largest absolute Gasteiger partial charge is 0.486 e. The molecule has 1 aromatic carbocycles. The minimum atomic E-state index is 0.0857. The van der Waals surface area contributed by atoms with E-state index in [0.717, 1.165) is 12.2 Å². The molecule has 1 rings (SSSR count). The van der Waals surface area contributed by atoms with E-state index < -0.39 is 0 Å². The molecular formula is C17H27NO4. The van der Waals surface area contributed by atoms with E-state index in [2.05, 4.69) is 6.92 Å². The van der Waals surface area contributed by atoms with Gasteiger partial charge in [0.2, 0.25) is 0 Å². The number of ketones is 1. The molecule has 2 N–H and O–H groups in total. The molecule has 0 fully saturated rings. The average Bonchev–Trinajstić information content (AvgIpc) is 2.56. The Bertz CT molecular complexity index is 406. The van der Waals surface area contributed by atoms with Gasteiger partial charge in [-0.25, -0.2) is 0 Å². The molecule has 0 spiro atoms. The van der Waals surface area contributed by atoms with Crippen molar-refractivity contribution >= 4 is 5.78 Å². The number of Topliss-reactive ketones (excluding diaryl/α,β-unsaturated/α-hetero) is 1. The average molecular weight is 309 g/mol. The molecule has 0 bridgehead atoms. The highest BCUT2D eigenvalue weighted by Gasteiger charge is 2.03. The van der Waals surface area contributed by atoms with Crippen LogP contribution in [0.5, 0.6) is 5.75 Å². The number of carbonyl (C=O) groups excluding carboxylic acids is 1. The fraction of sp³-hybridized carbons (Fsp3) is 0.588. The Kier molecular flexibility index (Phi) is 10.3. The van der Waals surface area contributed by atoms with Crippen LogP contribution in [0.4, 0.5) is 0 Å². The summed E-state index contributed by atoms with van der Waals surface area (Å²) in [5.41, 5.74) is 6.55. The number of benzene rings is 1. The van der Waals surface area contributed by atoms with Gasteiger partial charge in [-0.15, -0.1) is 0 Å². The first-order valence-corrected chi connectivity index (χ1v) is 7.85. The van der Waals surface area contributed by atoms with Gasteiger partial charge in [0, 0.05) is 19.6 Å². The van der Waals surface area contributed by atoms with E-state index >= 15 is 0 Å². The first kappa shape index (κ1) is 18.6. The van der Waals surface area contributed by atoms with Crippen molar-refractivity contribution in [1.82, 2.24) is 0 Å². The second-order valence-corrected chi connectivity index (χ2v) is 4.94. The summed E-state index contributed by atoms with van der Waals surface area (Å²) in [5.74, 6) is 0.821. The third-order valence-corrected chi connectivity index (χ3v) is 3.11. The van der Waals surface area contributed by atoms with Gasteiger partial charge in [0.05, 0.1) is 19.8 Å². The van der Waals surface area contributed by atoms with E-state index in [1.807, 2.05) is 24.3 Å². The molecular weight excluding hydrogens is 282 g/mol. The number of nitrogens with two attached hydrogens (primary N) is 1. The Morgan fingerprint density at radius 2 is 1.73 bits per heavy atom. The van der Waals surface area contributed by atoms with Crippen LogP contribution in [0, 0.1) is 0 Å². The summed E-state index contributed by atoms with van der Waals surface area (Å²) in [6.45, 7) is 4.93. The zero-order valence-corrected chi connectivity index (χ0v) is 13.4. The Morgan fingerprint density at radius 1 is 1.05 bits per heavy atom. The molecule has 0 unspecified atom stereocenters. The monoisotopic (exact) mass is 309 g/mol. The lowest BCUT2D eigenvalue weighted by Crippen LogP contribution is -2.14. The first-order valence-electron chi connectivity index (χ1n) is 7.85. The van der Waals surface area contributed by atoms with Crippen molar-refractivity contribution in [1.29, 1.82) is 0 Å². The molecule has 0 atom stereocenters. The lowest BCUT2D eigenvalue weighted by Gasteiger charge is -2.07. The van der Waals surface area contributed by atoms with Crippen LogP contribution in [-0.4, -0.2) is 45.4 Å². The molecule has 0 aliphatic rings. The number of rotatable bonds is 13. The molecule has 0 aliphatic heterocycles. The van der Waals surface area contributed by atoms with Crippen LogP contribution < -0.4 is 10.5 Å². The number of ether oxygens (including phenoxy) is 3.